The standard InChI is InChI=1S/C20H23NO3S/c1-13-8-9-15(14(2)12-13)20-21(10-11-25-20)19(22)18-16(23-3)6-5-7-17(18)24-4/h5-9,12,20H,10-11H2,1-4H3/t20-/m0/s1. The molecule has 1 atom stereocenters. The van der Waals surface area contributed by atoms with Gasteiger partial charge < -0.3 is 14.4 Å². The van der Waals surface area contributed by atoms with Crippen molar-refractivity contribution in [1.82, 2.24) is 4.90 Å². The van der Waals surface area contributed by atoms with Crippen LogP contribution in [0.25, 0.3) is 0 Å². The summed E-state index contributed by atoms with van der Waals surface area (Å²) in [6.45, 7) is 4.90. The molecule has 0 saturated carbocycles. The van der Waals surface area contributed by atoms with Crippen molar-refractivity contribution in [2.45, 2.75) is 19.2 Å². The van der Waals surface area contributed by atoms with E-state index in [1.165, 1.54) is 16.7 Å². The SMILES string of the molecule is COc1cccc(OC)c1C(=O)N1CCS[C@H]1c1ccc(C)cc1C. The summed E-state index contributed by atoms with van der Waals surface area (Å²) in [4.78, 5) is 15.2. The number of benzene rings is 2. The molecule has 132 valence electrons. The maximum atomic E-state index is 13.3. The zero-order valence-corrected chi connectivity index (χ0v) is 15.9. The number of ether oxygens (including phenoxy) is 2. The third-order valence-electron chi connectivity index (χ3n) is 4.48. The smallest absolute Gasteiger partial charge is 0.262 e. The molecule has 1 amide bonds. The molecule has 3 rings (SSSR count). The highest BCUT2D eigenvalue weighted by atomic mass is 32.2. The number of hydrogen-bond acceptors (Lipinski definition) is 4. The first kappa shape index (κ1) is 17.7. The van der Waals surface area contributed by atoms with Crippen LogP contribution in [0.1, 0.15) is 32.4 Å². The lowest BCUT2D eigenvalue weighted by Gasteiger charge is -2.27. The summed E-state index contributed by atoms with van der Waals surface area (Å²) in [6, 6.07) is 11.8. The first-order chi connectivity index (χ1) is 12.1. The van der Waals surface area contributed by atoms with Gasteiger partial charge in [-0.05, 0) is 37.1 Å². The van der Waals surface area contributed by atoms with Crippen LogP contribution >= 0.6 is 11.8 Å². The van der Waals surface area contributed by atoms with Crippen LogP contribution in [0.2, 0.25) is 0 Å². The molecule has 0 spiro atoms. The third-order valence-corrected chi connectivity index (χ3v) is 5.73. The first-order valence-corrected chi connectivity index (χ1v) is 9.32. The molecule has 1 aliphatic heterocycles. The summed E-state index contributed by atoms with van der Waals surface area (Å²) in [6.07, 6.45) is 0. The van der Waals surface area contributed by atoms with E-state index < -0.39 is 0 Å². The monoisotopic (exact) mass is 357 g/mol. The van der Waals surface area contributed by atoms with E-state index in [1.54, 1.807) is 38.1 Å². The highest BCUT2D eigenvalue weighted by Gasteiger charge is 2.34. The molecule has 1 heterocycles. The second-order valence-corrected chi connectivity index (χ2v) is 7.31. The Morgan fingerprint density at radius 3 is 2.40 bits per heavy atom. The van der Waals surface area contributed by atoms with Crippen molar-refractivity contribution < 1.29 is 14.3 Å². The Balaban J connectivity index is 1.99. The molecular formula is C20H23NO3S. The van der Waals surface area contributed by atoms with Gasteiger partial charge in [-0.25, -0.2) is 0 Å². The first-order valence-electron chi connectivity index (χ1n) is 8.27. The predicted octanol–water partition coefficient (Wildman–Crippen LogP) is 4.21. The molecule has 0 aromatic heterocycles. The van der Waals surface area contributed by atoms with Crippen LogP contribution in [-0.4, -0.2) is 37.3 Å². The Morgan fingerprint density at radius 1 is 1.12 bits per heavy atom. The van der Waals surface area contributed by atoms with E-state index in [4.69, 9.17) is 9.47 Å². The van der Waals surface area contributed by atoms with Crippen LogP contribution in [0.3, 0.4) is 0 Å². The number of methoxy groups -OCH3 is 2. The van der Waals surface area contributed by atoms with Gasteiger partial charge in [0.15, 0.2) is 0 Å². The fourth-order valence-electron chi connectivity index (χ4n) is 3.24. The Hall–Kier alpha value is -2.14. The van der Waals surface area contributed by atoms with Crippen LogP contribution in [0.5, 0.6) is 11.5 Å². The van der Waals surface area contributed by atoms with Gasteiger partial charge in [0.1, 0.15) is 22.4 Å². The molecule has 1 saturated heterocycles. The number of carbonyl (C=O) groups excluding carboxylic acids is 1. The van der Waals surface area contributed by atoms with Gasteiger partial charge in [-0.1, -0.05) is 29.8 Å². The molecule has 0 radical (unpaired) electrons. The summed E-state index contributed by atoms with van der Waals surface area (Å²) < 4.78 is 10.8. The van der Waals surface area contributed by atoms with Gasteiger partial charge in [0.2, 0.25) is 0 Å². The number of hydrogen-bond donors (Lipinski definition) is 0. The van der Waals surface area contributed by atoms with Gasteiger partial charge in [-0.15, -0.1) is 11.8 Å². The lowest BCUT2D eigenvalue weighted by atomic mass is 10.0. The Bertz CT molecular complexity index is 768. The van der Waals surface area contributed by atoms with E-state index in [0.717, 1.165) is 5.75 Å². The number of amides is 1. The number of thioether (sulfide) groups is 1. The summed E-state index contributed by atoms with van der Waals surface area (Å²) in [5.41, 5.74) is 4.12. The van der Waals surface area contributed by atoms with Gasteiger partial charge >= 0.3 is 0 Å². The lowest BCUT2D eigenvalue weighted by Crippen LogP contribution is -2.31. The minimum Gasteiger partial charge on any atom is -0.496 e. The molecule has 0 N–H and O–H groups in total. The van der Waals surface area contributed by atoms with E-state index in [1.807, 2.05) is 11.0 Å². The second-order valence-electron chi connectivity index (χ2n) is 6.12. The van der Waals surface area contributed by atoms with E-state index >= 15 is 0 Å². The molecule has 4 nitrogen and oxygen atoms in total. The lowest BCUT2D eigenvalue weighted by molar-refractivity contribution is 0.0753. The van der Waals surface area contributed by atoms with Crippen molar-refractivity contribution >= 4 is 17.7 Å². The summed E-state index contributed by atoms with van der Waals surface area (Å²) in [5, 5.41) is 0.0164. The molecule has 5 heteroatoms. The molecule has 1 aliphatic rings. The van der Waals surface area contributed by atoms with Crippen LogP contribution in [0.15, 0.2) is 36.4 Å². The average Bonchev–Trinajstić information content (AvgIpc) is 3.09. The maximum Gasteiger partial charge on any atom is 0.262 e. The van der Waals surface area contributed by atoms with Crippen LogP contribution in [0.4, 0.5) is 0 Å². The molecule has 25 heavy (non-hydrogen) atoms. The Kier molecular flexibility index (Phi) is 5.23. The number of nitrogens with zero attached hydrogens (tertiary/aromatic N) is 1. The molecule has 1 fully saturated rings. The summed E-state index contributed by atoms with van der Waals surface area (Å²) in [5.74, 6) is 1.95. The van der Waals surface area contributed by atoms with Crippen LogP contribution in [-0.2, 0) is 0 Å². The van der Waals surface area contributed by atoms with E-state index in [0.29, 0.717) is 23.6 Å². The highest BCUT2D eigenvalue weighted by Crippen LogP contribution is 2.42. The van der Waals surface area contributed by atoms with E-state index in [9.17, 15) is 4.79 Å². The van der Waals surface area contributed by atoms with E-state index in [2.05, 4.69) is 32.0 Å². The molecule has 0 unspecified atom stereocenters. The van der Waals surface area contributed by atoms with Crippen molar-refractivity contribution in [2.75, 3.05) is 26.5 Å². The fraction of sp³-hybridized carbons (Fsp3) is 0.350. The molecule has 0 aliphatic carbocycles. The van der Waals surface area contributed by atoms with Crippen LogP contribution < -0.4 is 9.47 Å². The normalized spacial score (nSPS) is 16.8. The molecular weight excluding hydrogens is 334 g/mol. The van der Waals surface area contributed by atoms with Crippen molar-refractivity contribution in [1.29, 1.82) is 0 Å². The minimum absolute atomic E-state index is 0.0164. The van der Waals surface area contributed by atoms with Crippen molar-refractivity contribution in [2.24, 2.45) is 0 Å². The minimum atomic E-state index is -0.0516. The number of aryl methyl sites for hydroxylation is 2. The quantitative estimate of drug-likeness (QED) is 0.822. The Labute approximate surface area is 153 Å². The number of rotatable bonds is 4. The van der Waals surface area contributed by atoms with E-state index in [-0.39, 0.29) is 11.3 Å². The second kappa shape index (κ2) is 7.40. The predicted molar refractivity (Wildman–Crippen MR) is 102 cm³/mol. The van der Waals surface area contributed by atoms with Gasteiger partial charge in [0, 0.05) is 12.3 Å². The highest BCUT2D eigenvalue weighted by molar-refractivity contribution is 7.99. The summed E-state index contributed by atoms with van der Waals surface area (Å²) >= 11 is 1.80. The fourth-order valence-corrected chi connectivity index (χ4v) is 4.59. The zero-order chi connectivity index (χ0) is 18.0. The summed E-state index contributed by atoms with van der Waals surface area (Å²) in [7, 11) is 3.15. The topological polar surface area (TPSA) is 38.8 Å². The van der Waals surface area contributed by atoms with Gasteiger partial charge in [0.05, 0.1) is 14.2 Å². The molecule has 2 aromatic rings. The zero-order valence-electron chi connectivity index (χ0n) is 15.0. The van der Waals surface area contributed by atoms with Crippen LogP contribution in [0, 0.1) is 13.8 Å². The average molecular weight is 357 g/mol. The third kappa shape index (κ3) is 3.33. The van der Waals surface area contributed by atoms with Gasteiger partial charge in [-0.2, -0.15) is 0 Å². The Morgan fingerprint density at radius 2 is 1.80 bits per heavy atom. The van der Waals surface area contributed by atoms with Gasteiger partial charge in [-0.3, -0.25) is 4.79 Å². The van der Waals surface area contributed by atoms with Crippen molar-refractivity contribution in [3.05, 3.63) is 58.7 Å². The van der Waals surface area contributed by atoms with Crippen molar-refractivity contribution in [3.63, 3.8) is 0 Å². The van der Waals surface area contributed by atoms with Crippen molar-refractivity contribution in [3.8, 4) is 11.5 Å². The molecule has 2 aromatic carbocycles. The number of carbonyl (C=O) groups is 1. The molecule has 0 bridgehead atoms. The van der Waals surface area contributed by atoms with Gasteiger partial charge in [0.25, 0.3) is 5.91 Å². The maximum absolute atomic E-state index is 13.3. The largest absolute Gasteiger partial charge is 0.496 e.